The van der Waals surface area contributed by atoms with E-state index < -0.39 is 29.7 Å². The third-order valence-corrected chi connectivity index (χ3v) is 2.70. The molecule has 94 valence electrons. The molecule has 0 amide bonds. The van der Waals surface area contributed by atoms with E-state index in [1.165, 1.54) is 12.3 Å². The molecular formula is C12H11N2NaO4. The molecule has 0 saturated heterocycles. The van der Waals surface area contributed by atoms with E-state index in [0.29, 0.717) is 5.56 Å². The molecule has 0 fully saturated rings. The zero-order valence-electron chi connectivity index (χ0n) is 10.7. The Bertz CT molecular complexity index is 655. The van der Waals surface area contributed by atoms with Crippen molar-refractivity contribution in [3.63, 3.8) is 0 Å². The third-order valence-electron chi connectivity index (χ3n) is 2.70. The standard InChI is InChI=1S/C12H12N2O4.Na/c1-3-12(7-15)5-4-9(18-12)14-6-8(2)10(16)13-11(14)17;/h1,4-6,9,15H,7H2,2H3,(H,13,16,17);/q;+1/p-1/t9-,12+;/m1./s1. The fraction of sp³-hybridized carbons (Fsp3) is 0.333. The molecule has 0 radical (unpaired) electrons. The molecule has 0 saturated carbocycles. The second-order valence-electron chi connectivity index (χ2n) is 3.98. The minimum absolute atomic E-state index is 0. The third kappa shape index (κ3) is 2.91. The van der Waals surface area contributed by atoms with E-state index >= 15 is 0 Å². The van der Waals surface area contributed by atoms with Gasteiger partial charge in [-0.3, -0.25) is 9.59 Å². The summed E-state index contributed by atoms with van der Waals surface area (Å²) >= 11 is 0. The first-order chi connectivity index (χ1) is 8.51. The van der Waals surface area contributed by atoms with Gasteiger partial charge in [0.05, 0.1) is 12.8 Å². The normalized spacial score (nSPS) is 24.8. The molecule has 2 atom stereocenters. The molecule has 1 aromatic rings. The van der Waals surface area contributed by atoms with E-state index in [2.05, 4.69) is 10.9 Å². The van der Waals surface area contributed by atoms with Crippen molar-refractivity contribution in [2.75, 3.05) is 6.61 Å². The van der Waals surface area contributed by atoms with Crippen molar-refractivity contribution in [2.45, 2.75) is 18.8 Å². The Labute approximate surface area is 131 Å². The van der Waals surface area contributed by atoms with Crippen LogP contribution in [0.3, 0.4) is 0 Å². The van der Waals surface area contributed by atoms with Gasteiger partial charge in [0.1, 0.15) is 0 Å². The summed E-state index contributed by atoms with van der Waals surface area (Å²) in [6.45, 7) is 1.15. The maximum atomic E-state index is 11.6. The molecule has 19 heavy (non-hydrogen) atoms. The summed E-state index contributed by atoms with van der Waals surface area (Å²) in [5, 5.41) is 9.18. The number of rotatable bonds is 2. The predicted octanol–water partition coefficient (Wildman–Crippen LogP) is -4.07. The van der Waals surface area contributed by atoms with Crippen molar-refractivity contribution < 1.29 is 39.4 Å². The Morgan fingerprint density at radius 1 is 1.63 bits per heavy atom. The number of ether oxygens (including phenoxy) is 1. The number of nitrogens with zero attached hydrogens (tertiary/aromatic N) is 2. The number of aryl methyl sites for hydroxylation is 1. The van der Waals surface area contributed by atoms with Gasteiger partial charge in [0.2, 0.25) is 0 Å². The summed E-state index contributed by atoms with van der Waals surface area (Å²) in [5.74, 6) is 2.32. The van der Waals surface area contributed by atoms with Crippen molar-refractivity contribution in [2.24, 2.45) is 0 Å². The number of aliphatic hydroxyl groups excluding tert-OH is 1. The molecule has 1 aromatic heterocycles. The Morgan fingerprint density at radius 3 is 2.84 bits per heavy atom. The first kappa shape index (κ1) is 16.0. The van der Waals surface area contributed by atoms with Crippen LogP contribution in [0.4, 0.5) is 0 Å². The first-order valence-electron chi connectivity index (χ1n) is 5.24. The van der Waals surface area contributed by atoms with Gasteiger partial charge in [0.15, 0.2) is 16.9 Å². The Kier molecular flexibility index (Phi) is 4.96. The summed E-state index contributed by atoms with van der Waals surface area (Å²) in [4.78, 5) is 26.1. The van der Waals surface area contributed by atoms with Crippen LogP contribution in [-0.2, 0) is 4.74 Å². The topological polar surface area (TPSA) is 82.6 Å². The van der Waals surface area contributed by atoms with Gasteiger partial charge >= 0.3 is 29.6 Å². The Hall–Kier alpha value is -1.10. The molecule has 0 spiro atoms. The number of hydrogen-bond donors (Lipinski definition) is 1. The second-order valence-corrected chi connectivity index (χ2v) is 3.98. The zero-order chi connectivity index (χ0) is 13.3. The van der Waals surface area contributed by atoms with E-state index in [9.17, 15) is 14.7 Å². The quantitative estimate of drug-likeness (QED) is 0.336. The number of aliphatic hydroxyl groups is 1. The van der Waals surface area contributed by atoms with Gasteiger partial charge in [-0.05, 0) is 18.6 Å². The van der Waals surface area contributed by atoms with Crippen LogP contribution in [0.1, 0.15) is 11.8 Å². The van der Waals surface area contributed by atoms with E-state index in [1.54, 1.807) is 13.0 Å². The zero-order valence-corrected chi connectivity index (χ0v) is 12.7. The van der Waals surface area contributed by atoms with Gasteiger partial charge in [-0.2, -0.15) is 0 Å². The van der Waals surface area contributed by atoms with Gasteiger partial charge in [-0.15, -0.1) is 6.42 Å². The average molecular weight is 270 g/mol. The summed E-state index contributed by atoms with van der Waals surface area (Å²) in [5.41, 5.74) is -2.18. The maximum Gasteiger partial charge on any atom is 1.00 e. The van der Waals surface area contributed by atoms with Crippen LogP contribution in [0.2, 0.25) is 0 Å². The molecule has 2 rings (SSSR count). The average Bonchev–Trinajstić information content (AvgIpc) is 2.79. The molecule has 0 aromatic carbocycles. The molecular weight excluding hydrogens is 259 g/mol. The van der Waals surface area contributed by atoms with Gasteiger partial charge in [-0.25, -0.2) is 0 Å². The fourth-order valence-corrected chi connectivity index (χ4v) is 1.63. The minimum Gasteiger partial charge on any atom is -0.392 e. The second kappa shape index (κ2) is 5.90. The summed E-state index contributed by atoms with van der Waals surface area (Å²) < 4.78 is 6.59. The van der Waals surface area contributed by atoms with Crippen LogP contribution in [0.25, 0.3) is 0 Å². The van der Waals surface area contributed by atoms with Crippen molar-refractivity contribution >= 4 is 0 Å². The summed E-state index contributed by atoms with van der Waals surface area (Å²) in [6.07, 6.45) is 8.91. The maximum absolute atomic E-state index is 11.6. The summed E-state index contributed by atoms with van der Waals surface area (Å²) in [6, 6.07) is 0. The van der Waals surface area contributed by atoms with Crippen LogP contribution in [-0.4, -0.2) is 21.9 Å². The SMILES string of the molecule is C#C[C@@]1(CO)C=C[C@H](n2cc(C)c(=O)[n-]c2=O)O1.[Na+]. The fourth-order valence-electron chi connectivity index (χ4n) is 1.63. The predicted molar refractivity (Wildman–Crippen MR) is 62.9 cm³/mol. The molecule has 7 heteroatoms. The van der Waals surface area contributed by atoms with Gasteiger partial charge in [-0.1, -0.05) is 18.2 Å². The van der Waals surface area contributed by atoms with Crippen LogP contribution in [0.5, 0.6) is 0 Å². The molecule has 2 heterocycles. The first-order valence-corrected chi connectivity index (χ1v) is 5.24. The van der Waals surface area contributed by atoms with E-state index in [-0.39, 0.29) is 29.6 Å². The van der Waals surface area contributed by atoms with Crippen LogP contribution in [0.15, 0.2) is 27.9 Å². The number of hydrogen-bond acceptors (Lipinski definition) is 4. The van der Waals surface area contributed by atoms with E-state index in [1.807, 2.05) is 0 Å². The molecule has 6 nitrogen and oxygen atoms in total. The molecule has 0 unspecified atom stereocenters. The summed E-state index contributed by atoms with van der Waals surface area (Å²) in [7, 11) is 0. The van der Waals surface area contributed by atoms with Crippen molar-refractivity contribution in [3.05, 3.63) is 44.8 Å². The largest absolute Gasteiger partial charge is 1.00 e. The molecule has 1 aliphatic rings. The van der Waals surface area contributed by atoms with Crippen molar-refractivity contribution in [3.8, 4) is 12.3 Å². The van der Waals surface area contributed by atoms with E-state index in [4.69, 9.17) is 11.2 Å². The molecule has 1 aliphatic heterocycles. The monoisotopic (exact) mass is 270 g/mol. The van der Waals surface area contributed by atoms with Gasteiger partial charge in [0, 0.05) is 0 Å². The van der Waals surface area contributed by atoms with Crippen LogP contribution < -0.4 is 45.8 Å². The number of aromatic nitrogens is 2. The van der Waals surface area contributed by atoms with Crippen molar-refractivity contribution in [1.82, 2.24) is 9.55 Å². The smallest absolute Gasteiger partial charge is 0.392 e. The van der Waals surface area contributed by atoms with Crippen molar-refractivity contribution in [1.29, 1.82) is 0 Å². The van der Waals surface area contributed by atoms with Gasteiger partial charge < -0.3 is 19.4 Å². The van der Waals surface area contributed by atoms with Crippen LogP contribution >= 0.6 is 0 Å². The minimum atomic E-state index is -1.23. The molecule has 0 aliphatic carbocycles. The molecule has 0 bridgehead atoms. The Balaban J connectivity index is 0.00000180. The van der Waals surface area contributed by atoms with Gasteiger partial charge in [0.25, 0.3) is 0 Å². The molecule has 1 N–H and O–H groups in total. The van der Waals surface area contributed by atoms with E-state index in [0.717, 1.165) is 4.57 Å². The number of terminal acetylenes is 1. The van der Waals surface area contributed by atoms with Crippen LogP contribution in [0, 0.1) is 19.3 Å². The Morgan fingerprint density at radius 2 is 2.32 bits per heavy atom.